The van der Waals surface area contributed by atoms with Crippen molar-refractivity contribution in [2.45, 2.75) is 70.5 Å². The molecular formula is C17H30N4O3. The predicted octanol–water partition coefficient (Wildman–Crippen LogP) is 0.232. The van der Waals surface area contributed by atoms with E-state index in [-0.39, 0.29) is 36.2 Å². The third-order valence-corrected chi connectivity index (χ3v) is 4.65. The van der Waals surface area contributed by atoms with Gasteiger partial charge in [-0.05, 0) is 33.1 Å². The van der Waals surface area contributed by atoms with Crippen LogP contribution in [0.3, 0.4) is 0 Å². The molecule has 3 amide bonds. The van der Waals surface area contributed by atoms with E-state index in [0.29, 0.717) is 25.9 Å². The van der Waals surface area contributed by atoms with E-state index in [2.05, 4.69) is 5.32 Å². The molecule has 0 unspecified atom stereocenters. The van der Waals surface area contributed by atoms with Crippen molar-refractivity contribution >= 4 is 17.7 Å². The molecule has 2 heterocycles. The molecule has 3 N–H and O–H groups in total. The number of carbonyl (C=O) groups is 3. The molecule has 0 aliphatic carbocycles. The summed E-state index contributed by atoms with van der Waals surface area (Å²) in [5.74, 6) is -0.103. The highest BCUT2D eigenvalue weighted by Crippen LogP contribution is 2.19. The SMILES string of the molecule is CC(C)NC(=O)[C@@H]1C[C@@H](N)CN1C(=O)CCN1CCCCCC1=O. The lowest BCUT2D eigenvalue weighted by atomic mass is 10.1. The van der Waals surface area contributed by atoms with Gasteiger partial charge in [0.2, 0.25) is 17.7 Å². The normalized spacial score (nSPS) is 25.1. The highest BCUT2D eigenvalue weighted by atomic mass is 16.2. The van der Waals surface area contributed by atoms with Gasteiger partial charge >= 0.3 is 0 Å². The zero-order valence-electron chi connectivity index (χ0n) is 14.8. The molecule has 2 saturated heterocycles. The van der Waals surface area contributed by atoms with Crippen LogP contribution in [0.5, 0.6) is 0 Å². The second kappa shape index (κ2) is 8.46. The summed E-state index contributed by atoms with van der Waals surface area (Å²) in [6.07, 6.45) is 4.31. The molecule has 136 valence electrons. The van der Waals surface area contributed by atoms with Crippen molar-refractivity contribution in [2.24, 2.45) is 5.73 Å². The van der Waals surface area contributed by atoms with Crippen molar-refractivity contribution in [3.8, 4) is 0 Å². The Morgan fingerprint density at radius 3 is 2.75 bits per heavy atom. The van der Waals surface area contributed by atoms with Crippen molar-refractivity contribution in [3.05, 3.63) is 0 Å². The number of carbonyl (C=O) groups excluding carboxylic acids is 3. The Labute approximate surface area is 143 Å². The first kappa shape index (κ1) is 18.7. The fourth-order valence-corrected chi connectivity index (χ4v) is 3.42. The Bertz CT molecular complexity index is 480. The third-order valence-electron chi connectivity index (χ3n) is 4.65. The summed E-state index contributed by atoms with van der Waals surface area (Å²) in [5.41, 5.74) is 5.97. The van der Waals surface area contributed by atoms with E-state index in [0.717, 1.165) is 25.8 Å². The fourth-order valence-electron chi connectivity index (χ4n) is 3.42. The minimum atomic E-state index is -0.491. The van der Waals surface area contributed by atoms with Crippen molar-refractivity contribution in [2.75, 3.05) is 19.6 Å². The molecule has 2 aliphatic rings. The first-order chi connectivity index (χ1) is 11.4. The van der Waals surface area contributed by atoms with E-state index >= 15 is 0 Å². The molecule has 2 atom stereocenters. The first-order valence-corrected chi connectivity index (χ1v) is 9.01. The average molecular weight is 338 g/mol. The van der Waals surface area contributed by atoms with Gasteiger partial charge in [-0.1, -0.05) is 6.42 Å². The average Bonchev–Trinajstić information content (AvgIpc) is 2.79. The number of nitrogens with one attached hydrogen (secondary N) is 1. The minimum Gasteiger partial charge on any atom is -0.352 e. The molecule has 0 aromatic heterocycles. The van der Waals surface area contributed by atoms with E-state index in [4.69, 9.17) is 5.73 Å². The predicted molar refractivity (Wildman–Crippen MR) is 91.0 cm³/mol. The van der Waals surface area contributed by atoms with Crippen molar-refractivity contribution in [1.29, 1.82) is 0 Å². The van der Waals surface area contributed by atoms with Gasteiger partial charge in [0.15, 0.2) is 0 Å². The number of hydrogen-bond donors (Lipinski definition) is 2. The van der Waals surface area contributed by atoms with Gasteiger partial charge in [-0.25, -0.2) is 0 Å². The molecule has 0 aromatic carbocycles. The number of rotatable bonds is 5. The van der Waals surface area contributed by atoms with Crippen LogP contribution in [0.4, 0.5) is 0 Å². The molecule has 0 spiro atoms. The third kappa shape index (κ3) is 4.93. The quantitative estimate of drug-likeness (QED) is 0.750. The maximum Gasteiger partial charge on any atom is 0.243 e. The topological polar surface area (TPSA) is 95.7 Å². The van der Waals surface area contributed by atoms with Crippen LogP contribution < -0.4 is 11.1 Å². The van der Waals surface area contributed by atoms with Crippen LogP contribution >= 0.6 is 0 Å². The van der Waals surface area contributed by atoms with Crippen molar-refractivity contribution in [1.82, 2.24) is 15.1 Å². The smallest absolute Gasteiger partial charge is 0.243 e. The van der Waals surface area contributed by atoms with Crippen LogP contribution in [0, 0.1) is 0 Å². The van der Waals surface area contributed by atoms with Crippen molar-refractivity contribution < 1.29 is 14.4 Å². The largest absolute Gasteiger partial charge is 0.352 e. The summed E-state index contributed by atoms with van der Waals surface area (Å²) in [5, 5.41) is 2.86. The number of amides is 3. The molecular weight excluding hydrogens is 308 g/mol. The molecule has 7 nitrogen and oxygen atoms in total. The molecule has 0 radical (unpaired) electrons. The van der Waals surface area contributed by atoms with Gasteiger partial charge in [0.05, 0.1) is 0 Å². The number of nitrogens with zero attached hydrogens (tertiary/aromatic N) is 2. The summed E-state index contributed by atoms with van der Waals surface area (Å²) >= 11 is 0. The lowest BCUT2D eigenvalue weighted by molar-refractivity contribution is -0.139. The zero-order chi connectivity index (χ0) is 17.7. The minimum absolute atomic E-state index is 0.0287. The van der Waals surface area contributed by atoms with Crippen LogP contribution in [0.1, 0.15) is 52.4 Å². The Balaban J connectivity index is 1.91. The van der Waals surface area contributed by atoms with Gasteiger partial charge in [0.1, 0.15) is 6.04 Å². The van der Waals surface area contributed by atoms with Gasteiger partial charge in [-0.2, -0.15) is 0 Å². The molecule has 0 bridgehead atoms. The molecule has 2 fully saturated rings. The molecule has 2 aliphatic heterocycles. The van der Waals surface area contributed by atoms with Crippen LogP contribution in [-0.2, 0) is 14.4 Å². The molecule has 2 rings (SSSR count). The monoisotopic (exact) mass is 338 g/mol. The fraction of sp³-hybridized carbons (Fsp3) is 0.824. The summed E-state index contributed by atoms with van der Waals surface area (Å²) < 4.78 is 0. The van der Waals surface area contributed by atoms with E-state index in [1.807, 2.05) is 13.8 Å². The van der Waals surface area contributed by atoms with E-state index in [1.54, 1.807) is 9.80 Å². The molecule has 7 heteroatoms. The van der Waals surface area contributed by atoms with E-state index in [1.165, 1.54) is 0 Å². The zero-order valence-corrected chi connectivity index (χ0v) is 14.8. The van der Waals surface area contributed by atoms with Crippen LogP contribution in [0.15, 0.2) is 0 Å². The lowest BCUT2D eigenvalue weighted by Crippen LogP contribution is -2.48. The molecule has 0 aromatic rings. The molecule has 0 saturated carbocycles. The Morgan fingerprint density at radius 1 is 1.29 bits per heavy atom. The maximum atomic E-state index is 12.6. The highest BCUT2D eigenvalue weighted by Gasteiger charge is 2.38. The maximum absolute atomic E-state index is 12.6. The Hall–Kier alpha value is -1.63. The van der Waals surface area contributed by atoms with E-state index < -0.39 is 6.04 Å². The van der Waals surface area contributed by atoms with Crippen LogP contribution in [0.25, 0.3) is 0 Å². The second-order valence-corrected chi connectivity index (χ2v) is 7.16. The molecule has 24 heavy (non-hydrogen) atoms. The first-order valence-electron chi connectivity index (χ1n) is 9.01. The van der Waals surface area contributed by atoms with Gasteiger partial charge in [0.25, 0.3) is 0 Å². The summed E-state index contributed by atoms with van der Waals surface area (Å²) in [4.78, 5) is 40.3. The van der Waals surface area contributed by atoms with E-state index in [9.17, 15) is 14.4 Å². The highest BCUT2D eigenvalue weighted by molar-refractivity contribution is 5.89. The van der Waals surface area contributed by atoms with Gasteiger partial charge < -0.3 is 20.9 Å². The summed E-state index contributed by atoms with van der Waals surface area (Å²) in [6, 6.07) is -0.632. The van der Waals surface area contributed by atoms with Gasteiger partial charge in [-0.15, -0.1) is 0 Å². The number of hydrogen-bond acceptors (Lipinski definition) is 4. The summed E-state index contributed by atoms with van der Waals surface area (Å²) in [6.45, 7) is 5.35. The number of likely N-dealkylation sites (tertiary alicyclic amines) is 2. The Morgan fingerprint density at radius 2 is 2.04 bits per heavy atom. The number of nitrogens with two attached hydrogens (primary N) is 1. The lowest BCUT2D eigenvalue weighted by Gasteiger charge is -2.26. The van der Waals surface area contributed by atoms with Gasteiger partial charge in [0, 0.05) is 44.6 Å². The standard InChI is InChI=1S/C17H30N4O3/c1-12(2)19-17(24)14-10-13(18)11-21(14)16(23)7-9-20-8-5-3-4-6-15(20)22/h12-14H,3-11,18H2,1-2H3,(H,19,24)/t13-,14+/m1/s1. The van der Waals surface area contributed by atoms with Crippen molar-refractivity contribution in [3.63, 3.8) is 0 Å². The summed E-state index contributed by atoms with van der Waals surface area (Å²) in [7, 11) is 0. The van der Waals surface area contributed by atoms with Crippen LogP contribution in [0.2, 0.25) is 0 Å². The van der Waals surface area contributed by atoms with Crippen LogP contribution in [-0.4, -0.2) is 65.3 Å². The Kier molecular flexibility index (Phi) is 6.60. The van der Waals surface area contributed by atoms with Gasteiger partial charge in [-0.3, -0.25) is 14.4 Å². The second-order valence-electron chi connectivity index (χ2n) is 7.16.